The molecule has 1 aliphatic heterocycles. The van der Waals surface area contributed by atoms with Gasteiger partial charge in [-0.2, -0.15) is 9.97 Å². The molecule has 3 heterocycles. The minimum Gasteiger partial charge on any atom is -0.467 e. The second kappa shape index (κ2) is 7.46. The van der Waals surface area contributed by atoms with Crippen LogP contribution in [0.3, 0.4) is 0 Å². The smallest absolute Gasteiger partial charge is 0.320 e. The van der Waals surface area contributed by atoms with Crippen LogP contribution in [-0.4, -0.2) is 32.2 Å². The highest BCUT2D eigenvalue weighted by molar-refractivity contribution is 5.84. The van der Waals surface area contributed by atoms with Gasteiger partial charge in [-0.3, -0.25) is 0 Å². The van der Waals surface area contributed by atoms with E-state index in [0.29, 0.717) is 22.5 Å². The molecule has 0 bridgehead atoms. The quantitative estimate of drug-likeness (QED) is 0.595. The number of fused-ring (bicyclic) bond motifs is 1. The molecule has 174 valence electrons. The van der Waals surface area contributed by atoms with Crippen molar-refractivity contribution in [1.29, 1.82) is 0 Å². The summed E-state index contributed by atoms with van der Waals surface area (Å²) in [6.07, 6.45) is 11.8. The fraction of sp³-hybridized carbons (Fsp3) is 0.731. The molecular formula is C26H39N5O. The Morgan fingerprint density at radius 2 is 2.00 bits per heavy atom. The number of aromatic nitrogens is 4. The normalized spacial score (nSPS) is 37.0. The summed E-state index contributed by atoms with van der Waals surface area (Å²) in [5, 5.41) is 3.81. The third-order valence-electron chi connectivity index (χ3n) is 9.74. The summed E-state index contributed by atoms with van der Waals surface area (Å²) >= 11 is 0. The summed E-state index contributed by atoms with van der Waals surface area (Å²) in [5.41, 5.74) is 3.81. The van der Waals surface area contributed by atoms with E-state index >= 15 is 0 Å². The SMILES string of the molecule is C=C1CCC[C@@H]2[C@@](C)(CC[C@@]3(C)CCn4cnc5nc(OC)nc(c54)N3)[C@H](C)CC[C@]12C. The number of hydrogen-bond acceptors (Lipinski definition) is 5. The molecule has 0 saturated heterocycles. The monoisotopic (exact) mass is 437 g/mol. The molecule has 3 aliphatic rings. The first-order valence-electron chi connectivity index (χ1n) is 12.4. The van der Waals surface area contributed by atoms with Crippen LogP contribution in [0.1, 0.15) is 79.1 Å². The van der Waals surface area contributed by atoms with Crippen LogP contribution in [0, 0.1) is 22.7 Å². The van der Waals surface area contributed by atoms with Crippen molar-refractivity contribution < 1.29 is 4.74 Å². The Morgan fingerprint density at radius 3 is 2.78 bits per heavy atom. The van der Waals surface area contributed by atoms with Crippen molar-refractivity contribution in [2.24, 2.45) is 22.7 Å². The average Bonchev–Trinajstić information content (AvgIpc) is 3.12. The average molecular weight is 438 g/mol. The van der Waals surface area contributed by atoms with Crippen LogP contribution < -0.4 is 10.1 Å². The molecule has 2 aromatic rings. The molecular weight excluding hydrogens is 398 g/mol. The molecule has 1 N–H and O–H groups in total. The summed E-state index contributed by atoms with van der Waals surface area (Å²) < 4.78 is 7.54. The first-order chi connectivity index (χ1) is 15.2. The van der Waals surface area contributed by atoms with Gasteiger partial charge in [-0.05, 0) is 81.0 Å². The Kier molecular flexibility index (Phi) is 5.06. The molecule has 0 aromatic carbocycles. The molecule has 6 nitrogen and oxygen atoms in total. The molecule has 2 aliphatic carbocycles. The van der Waals surface area contributed by atoms with Crippen molar-refractivity contribution in [2.75, 3.05) is 12.4 Å². The van der Waals surface area contributed by atoms with Gasteiger partial charge in [-0.25, -0.2) is 4.98 Å². The number of nitrogens with zero attached hydrogens (tertiary/aromatic N) is 4. The molecule has 0 amide bonds. The fourth-order valence-electron chi connectivity index (χ4n) is 7.14. The number of ether oxygens (including phenoxy) is 1. The molecule has 2 saturated carbocycles. The van der Waals surface area contributed by atoms with Crippen LogP contribution in [0.5, 0.6) is 6.01 Å². The van der Waals surface area contributed by atoms with Crippen molar-refractivity contribution in [3.63, 3.8) is 0 Å². The molecule has 0 unspecified atom stereocenters. The summed E-state index contributed by atoms with van der Waals surface area (Å²) in [7, 11) is 1.61. The third kappa shape index (κ3) is 3.24. The number of aryl methyl sites for hydroxylation is 1. The number of anilines is 1. The van der Waals surface area contributed by atoms with E-state index in [1.165, 1.54) is 44.1 Å². The zero-order chi connectivity index (χ0) is 22.7. The molecule has 0 radical (unpaired) electrons. The fourth-order valence-corrected chi connectivity index (χ4v) is 7.14. The van der Waals surface area contributed by atoms with Gasteiger partial charge in [0.15, 0.2) is 11.5 Å². The first kappa shape index (κ1) is 21.7. The lowest BCUT2D eigenvalue weighted by Gasteiger charge is -2.59. The van der Waals surface area contributed by atoms with Crippen LogP contribution in [0.4, 0.5) is 5.82 Å². The molecule has 5 atom stereocenters. The number of imidazole rings is 1. The zero-order valence-electron chi connectivity index (χ0n) is 20.5. The van der Waals surface area contributed by atoms with Gasteiger partial charge in [0, 0.05) is 12.1 Å². The Hall–Kier alpha value is -2.11. The highest BCUT2D eigenvalue weighted by Gasteiger charge is 2.54. The Morgan fingerprint density at radius 1 is 1.19 bits per heavy atom. The van der Waals surface area contributed by atoms with Crippen LogP contribution in [-0.2, 0) is 6.54 Å². The van der Waals surface area contributed by atoms with E-state index in [2.05, 4.69) is 59.1 Å². The summed E-state index contributed by atoms with van der Waals surface area (Å²) in [4.78, 5) is 13.6. The standard InChI is InChI=1S/C26H39N5O/c1-17-8-7-9-19-25(17,4)11-10-18(2)26(19,5)13-12-24(3)14-15-31-16-27-21-20(31)22(30-24)29-23(28-21)32-6/h16,18-19H,1,7-15H2,2-6H3,(H,28,29,30)/t18-,19+,24+,25-,26+/m1/s1. The maximum Gasteiger partial charge on any atom is 0.320 e. The lowest BCUT2D eigenvalue weighted by atomic mass is 9.46. The van der Waals surface area contributed by atoms with Crippen LogP contribution in [0.25, 0.3) is 11.2 Å². The predicted octanol–water partition coefficient (Wildman–Crippen LogP) is 5.99. The Bertz CT molecular complexity index is 1050. The van der Waals surface area contributed by atoms with Crippen molar-refractivity contribution in [3.05, 3.63) is 18.5 Å². The lowest BCUT2D eigenvalue weighted by molar-refractivity contribution is -0.0579. The second-order valence-electron chi connectivity index (χ2n) is 11.5. The van der Waals surface area contributed by atoms with E-state index in [-0.39, 0.29) is 5.54 Å². The number of methoxy groups -OCH3 is 1. The van der Waals surface area contributed by atoms with E-state index in [4.69, 9.17) is 4.74 Å². The summed E-state index contributed by atoms with van der Waals surface area (Å²) in [5.74, 6) is 2.32. The number of rotatable bonds is 4. The number of nitrogens with one attached hydrogen (secondary N) is 1. The topological polar surface area (TPSA) is 64.9 Å². The van der Waals surface area contributed by atoms with E-state index in [9.17, 15) is 0 Å². The van der Waals surface area contributed by atoms with Gasteiger partial charge < -0.3 is 14.6 Å². The minimum atomic E-state index is -0.0342. The third-order valence-corrected chi connectivity index (χ3v) is 9.74. The first-order valence-corrected chi connectivity index (χ1v) is 12.4. The molecule has 5 rings (SSSR count). The van der Waals surface area contributed by atoms with Crippen LogP contribution >= 0.6 is 0 Å². The summed E-state index contributed by atoms with van der Waals surface area (Å²) in [6.45, 7) is 15.4. The molecule has 2 fully saturated rings. The van der Waals surface area contributed by atoms with Crippen molar-refractivity contribution in [3.8, 4) is 6.01 Å². The van der Waals surface area contributed by atoms with Crippen LogP contribution in [0.15, 0.2) is 18.5 Å². The minimum absolute atomic E-state index is 0.0342. The highest BCUT2D eigenvalue weighted by Crippen LogP contribution is 2.63. The van der Waals surface area contributed by atoms with E-state index < -0.39 is 0 Å². The number of hydrogen-bond donors (Lipinski definition) is 1. The van der Waals surface area contributed by atoms with Gasteiger partial charge in [-0.1, -0.05) is 32.9 Å². The molecule has 0 spiro atoms. The molecule has 2 aromatic heterocycles. The van der Waals surface area contributed by atoms with E-state index in [1.807, 2.05) is 6.33 Å². The van der Waals surface area contributed by atoms with E-state index in [0.717, 1.165) is 42.6 Å². The van der Waals surface area contributed by atoms with E-state index in [1.54, 1.807) is 7.11 Å². The zero-order valence-corrected chi connectivity index (χ0v) is 20.5. The van der Waals surface area contributed by atoms with Crippen molar-refractivity contribution in [1.82, 2.24) is 19.5 Å². The predicted molar refractivity (Wildman–Crippen MR) is 129 cm³/mol. The highest BCUT2D eigenvalue weighted by atomic mass is 16.5. The van der Waals surface area contributed by atoms with Gasteiger partial charge in [0.1, 0.15) is 5.52 Å². The van der Waals surface area contributed by atoms with Gasteiger partial charge in [-0.15, -0.1) is 0 Å². The largest absolute Gasteiger partial charge is 0.467 e. The van der Waals surface area contributed by atoms with Crippen LogP contribution in [0.2, 0.25) is 0 Å². The van der Waals surface area contributed by atoms with Gasteiger partial charge in [0.25, 0.3) is 0 Å². The van der Waals surface area contributed by atoms with Gasteiger partial charge >= 0.3 is 6.01 Å². The Balaban J connectivity index is 1.42. The Labute approximate surface area is 192 Å². The maximum absolute atomic E-state index is 5.35. The summed E-state index contributed by atoms with van der Waals surface area (Å²) in [6, 6.07) is 0.374. The molecule has 32 heavy (non-hydrogen) atoms. The van der Waals surface area contributed by atoms with Gasteiger partial charge in [0.2, 0.25) is 0 Å². The van der Waals surface area contributed by atoms with Crippen molar-refractivity contribution in [2.45, 2.75) is 91.1 Å². The molecule has 6 heteroatoms. The van der Waals surface area contributed by atoms with Crippen molar-refractivity contribution >= 4 is 17.0 Å². The number of allylic oxidation sites excluding steroid dienone is 1. The lowest BCUT2D eigenvalue weighted by Crippen LogP contribution is -2.51. The second-order valence-corrected chi connectivity index (χ2v) is 11.5. The maximum atomic E-state index is 5.35. The van der Waals surface area contributed by atoms with Gasteiger partial charge in [0.05, 0.1) is 13.4 Å².